The molecule has 0 aliphatic carbocycles. The zero-order valence-electron chi connectivity index (χ0n) is 7.02. The highest BCUT2D eigenvalue weighted by Gasteiger charge is 2.12. The molecule has 0 N–H and O–H groups in total. The van der Waals surface area contributed by atoms with Crippen LogP contribution in [0.5, 0.6) is 0 Å². The van der Waals surface area contributed by atoms with Gasteiger partial charge >= 0.3 is 6.09 Å². The van der Waals surface area contributed by atoms with Crippen molar-refractivity contribution in [2.24, 2.45) is 5.29 Å². The van der Waals surface area contributed by atoms with Gasteiger partial charge in [-0.1, -0.05) is 6.08 Å². The molecule has 1 amide bonds. The van der Waals surface area contributed by atoms with Crippen molar-refractivity contribution in [1.29, 1.82) is 0 Å². The first kappa shape index (κ1) is 10.6. The Bertz CT molecular complexity index is 170. The van der Waals surface area contributed by atoms with Crippen molar-refractivity contribution >= 4 is 6.09 Å². The molecule has 0 saturated carbocycles. The van der Waals surface area contributed by atoms with Crippen LogP contribution in [0.2, 0.25) is 0 Å². The summed E-state index contributed by atoms with van der Waals surface area (Å²) in [5.41, 5.74) is 0. The summed E-state index contributed by atoms with van der Waals surface area (Å²) in [4.78, 5) is 20.8. The lowest BCUT2D eigenvalue weighted by atomic mass is 10.3. The molecule has 0 aromatic rings. The molecule has 0 fully saturated rings. The van der Waals surface area contributed by atoms with Crippen LogP contribution in [0.1, 0.15) is 12.8 Å². The Morgan fingerprint density at radius 1 is 1.75 bits per heavy atom. The maximum atomic E-state index is 10.7. The van der Waals surface area contributed by atoms with Crippen molar-refractivity contribution < 1.29 is 9.53 Å². The van der Waals surface area contributed by atoms with Crippen LogP contribution >= 0.6 is 0 Å². The van der Waals surface area contributed by atoms with E-state index < -0.39 is 6.09 Å². The number of ether oxygens (including phenoxy) is 1. The molecule has 0 atom stereocenters. The van der Waals surface area contributed by atoms with Gasteiger partial charge in [-0.05, 0) is 12.8 Å². The molecule has 0 aliphatic rings. The number of nitroso groups, excluding NO2 is 1. The fraction of sp³-hybridized carbons (Fsp3) is 0.571. The lowest BCUT2D eigenvalue weighted by Gasteiger charge is -2.09. The Morgan fingerprint density at radius 2 is 2.42 bits per heavy atom. The molecule has 0 bridgehead atoms. The van der Waals surface area contributed by atoms with E-state index >= 15 is 0 Å². The number of methoxy groups -OCH3 is 1. The molecule has 12 heavy (non-hydrogen) atoms. The van der Waals surface area contributed by atoms with Crippen molar-refractivity contribution in [2.75, 3.05) is 13.7 Å². The number of carbonyl (C=O) groups is 1. The Balaban J connectivity index is 3.74. The van der Waals surface area contributed by atoms with Gasteiger partial charge in [-0.3, -0.25) is 0 Å². The molecule has 0 spiro atoms. The monoisotopic (exact) mass is 172 g/mol. The average Bonchev–Trinajstić information content (AvgIpc) is 2.11. The SMILES string of the molecule is C=CCCCN(N=O)C(=O)OC. The number of hydrogen-bond acceptors (Lipinski definition) is 4. The number of carbonyl (C=O) groups excluding carboxylic acids is 1. The van der Waals surface area contributed by atoms with Crippen LogP contribution < -0.4 is 0 Å². The smallest absolute Gasteiger partial charge is 0.432 e. The van der Waals surface area contributed by atoms with Crippen LogP contribution in [0.15, 0.2) is 17.9 Å². The van der Waals surface area contributed by atoms with Gasteiger partial charge in [-0.15, -0.1) is 11.5 Å². The summed E-state index contributed by atoms with van der Waals surface area (Å²) in [6.45, 7) is 3.77. The van der Waals surface area contributed by atoms with E-state index in [0.717, 1.165) is 11.4 Å². The summed E-state index contributed by atoms with van der Waals surface area (Å²) >= 11 is 0. The number of hydrogen-bond donors (Lipinski definition) is 0. The van der Waals surface area contributed by atoms with Crippen LogP contribution in [-0.2, 0) is 4.74 Å². The lowest BCUT2D eigenvalue weighted by Crippen LogP contribution is -2.25. The fourth-order valence-electron chi connectivity index (χ4n) is 0.656. The maximum Gasteiger partial charge on any atom is 0.432 e. The second kappa shape index (κ2) is 6.33. The first-order valence-electron chi connectivity index (χ1n) is 3.56. The van der Waals surface area contributed by atoms with Gasteiger partial charge in [0.25, 0.3) is 0 Å². The molecule has 0 rings (SSSR count). The lowest BCUT2D eigenvalue weighted by molar-refractivity contribution is 0.124. The van der Waals surface area contributed by atoms with Crippen LogP contribution in [0.25, 0.3) is 0 Å². The van der Waals surface area contributed by atoms with Crippen molar-refractivity contribution in [1.82, 2.24) is 5.01 Å². The topological polar surface area (TPSA) is 59.0 Å². The molecule has 0 aromatic heterocycles. The third-order valence-corrected chi connectivity index (χ3v) is 1.26. The summed E-state index contributed by atoms with van der Waals surface area (Å²) in [7, 11) is 1.20. The molecule has 0 radical (unpaired) electrons. The van der Waals surface area contributed by atoms with E-state index in [1.165, 1.54) is 7.11 Å². The normalized spacial score (nSPS) is 8.75. The first-order valence-corrected chi connectivity index (χ1v) is 3.56. The number of unbranched alkanes of at least 4 members (excludes halogenated alkanes) is 1. The number of amides is 1. The summed E-state index contributed by atoms with van der Waals surface area (Å²) in [6.07, 6.45) is 2.38. The van der Waals surface area contributed by atoms with Gasteiger partial charge in [-0.2, -0.15) is 5.01 Å². The van der Waals surface area contributed by atoms with Gasteiger partial charge in [0.1, 0.15) is 0 Å². The average molecular weight is 172 g/mol. The molecule has 0 heterocycles. The standard InChI is InChI=1S/C7H12N2O3/c1-3-4-5-6-9(8-11)7(10)12-2/h3H,1,4-6H2,2H3. The molecule has 0 unspecified atom stereocenters. The first-order chi connectivity index (χ1) is 5.76. The molecule has 68 valence electrons. The largest absolute Gasteiger partial charge is 0.451 e. The maximum absolute atomic E-state index is 10.7. The highest BCUT2D eigenvalue weighted by Crippen LogP contribution is 1.98. The third-order valence-electron chi connectivity index (χ3n) is 1.26. The number of nitrogens with zero attached hydrogens (tertiary/aromatic N) is 2. The van der Waals surface area contributed by atoms with E-state index in [4.69, 9.17) is 0 Å². The van der Waals surface area contributed by atoms with Gasteiger partial charge in [0.05, 0.1) is 18.9 Å². The van der Waals surface area contributed by atoms with E-state index in [2.05, 4.69) is 16.6 Å². The van der Waals surface area contributed by atoms with Gasteiger partial charge < -0.3 is 4.74 Å². The van der Waals surface area contributed by atoms with Gasteiger partial charge in [-0.25, -0.2) is 4.79 Å². The molecular formula is C7H12N2O3. The van der Waals surface area contributed by atoms with Crippen LogP contribution in [-0.4, -0.2) is 24.8 Å². The summed E-state index contributed by atoms with van der Waals surface area (Å²) in [5.74, 6) is 0. The minimum atomic E-state index is -0.728. The highest BCUT2D eigenvalue weighted by atomic mass is 16.6. The van der Waals surface area contributed by atoms with E-state index in [1.807, 2.05) is 0 Å². The predicted octanol–water partition coefficient (Wildman–Crippen LogP) is 1.70. The quantitative estimate of drug-likeness (QED) is 0.274. The Morgan fingerprint density at radius 3 is 2.83 bits per heavy atom. The zero-order chi connectivity index (χ0) is 9.40. The molecule has 0 aliphatic heterocycles. The minimum absolute atomic E-state index is 0.266. The van der Waals surface area contributed by atoms with Crippen molar-refractivity contribution in [3.63, 3.8) is 0 Å². The zero-order valence-corrected chi connectivity index (χ0v) is 7.02. The second-order valence-electron chi connectivity index (χ2n) is 2.11. The summed E-state index contributed by atoms with van der Waals surface area (Å²) in [6, 6.07) is 0. The van der Waals surface area contributed by atoms with Gasteiger partial charge in [0, 0.05) is 0 Å². The molecular weight excluding hydrogens is 160 g/mol. The summed E-state index contributed by atoms with van der Waals surface area (Å²) < 4.78 is 4.30. The fourth-order valence-corrected chi connectivity index (χ4v) is 0.656. The molecule has 5 nitrogen and oxygen atoms in total. The van der Waals surface area contributed by atoms with Gasteiger partial charge in [0.15, 0.2) is 0 Å². The van der Waals surface area contributed by atoms with Crippen molar-refractivity contribution in [3.8, 4) is 0 Å². The number of rotatable bonds is 5. The highest BCUT2D eigenvalue weighted by molar-refractivity contribution is 5.66. The van der Waals surface area contributed by atoms with Gasteiger partial charge in [0.2, 0.25) is 0 Å². The van der Waals surface area contributed by atoms with E-state index in [0.29, 0.717) is 6.42 Å². The Kier molecular flexibility index (Phi) is 5.60. The van der Waals surface area contributed by atoms with Crippen molar-refractivity contribution in [2.45, 2.75) is 12.8 Å². The van der Waals surface area contributed by atoms with E-state index in [-0.39, 0.29) is 6.54 Å². The predicted molar refractivity (Wildman–Crippen MR) is 44.3 cm³/mol. The number of allylic oxidation sites excluding steroid dienone is 1. The van der Waals surface area contributed by atoms with Crippen LogP contribution in [0, 0.1) is 4.91 Å². The minimum Gasteiger partial charge on any atom is -0.451 e. The van der Waals surface area contributed by atoms with E-state index in [1.54, 1.807) is 6.08 Å². The van der Waals surface area contributed by atoms with Crippen LogP contribution in [0.4, 0.5) is 4.79 Å². The van der Waals surface area contributed by atoms with E-state index in [9.17, 15) is 9.70 Å². The molecule has 0 aromatic carbocycles. The van der Waals surface area contributed by atoms with Crippen molar-refractivity contribution in [3.05, 3.63) is 17.6 Å². The third kappa shape index (κ3) is 3.70. The van der Waals surface area contributed by atoms with Crippen LogP contribution in [0.3, 0.4) is 0 Å². The Labute approximate surface area is 70.9 Å². The second-order valence-corrected chi connectivity index (χ2v) is 2.11. The Hall–Kier alpha value is -1.39. The summed E-state index contributed by atoms with van der Waals surface area (Å²) in [5, 5.41) is 3.24. The molecule has 5 heteroatoms. The molecule has 0 saturated heterocycles.